The predicted octanol–water partition coefficient (Wildman–Crippen LogP) is 2.72. The van der Waals surface area contributed by atoms with Crippen LogP contribution in [-0.4, -0.2) is 27.9 Å². The molecule has 0 aliphatic heterocycles. The molecule has 0 saturated heterocycles. The van der Waals surface area contributed by atoms with Gasteiger partial charge in [-0.15, -0.1) is 16.6 Å². The maximum Gasteiger partial charge on any atom is 0.315 e. The van der Waals surface area contributed by atoms with Crippen molar-refractivity contribution in [3.8, 4) is 11.8 Å². The molecule has 1 unspecified atom stereocenters. The van der Waals surface area contributed by atoms with Gasteiger partial charge in [-0.05, 0) is 40.5 Å². The van der Waals surface area contributed by atoms with Crippen LogP contribution in [0.5, 0.6) is 0 Å². The Morgan fingerprint density at radius 3 is 2.82 bits per heavy atom. The second-order valence-electron chi connectivity index (χ2n) is 6.59. The summed E-state index contributed by atoms with van der Waals surface area (Å²) in [7, 11) is 0. The summed E-state index contributed by atoms with van der Waals surface area (Å²) in [4.78, 5) is 12.6. The van der Waals surface area contributed by atoms with Crippen molar-refractivity contribution in [3.63, 3.8) is 0 Å². The van der Waals surface area contributed by atoms with E-state index < -0.39 is 16.8 Å². The number of esters is 1. The van der Waals surface area contributed by atoms with E-state index >= 15 is 0 Å². The van der Waals surface area contributed by atoms with Crippen molar-refractivity contribution in [2.45, 2.75) is 64.2 Å². The van der Waals surface area contributed by atoms with Crippen molar-refractivity contribution in [1.29, 1.82) is 0 Å². The second kappa shape index (κ2) is 8.05. The van der Waals surface area contributed by atoms with Gasteiger partial charge < -0.3 is 9.29 Å². The van der Waals surface area contributed by atoms with Gasteiger partial charge >= 0.3 is 5.97 Å². The SMILES string of the molecule is C=CCOC(=O)[C@]1(CC#CC)CCC[C@H]1N[S+]([O-])C(C)(C)C. The summed E-state index contributed by atoms with van der Waals surface area (Å²) in [5.74, 6) is 5.60. The number of hydrogen-bond donors (Lipinski definition) is 1. The lowest BCUT2D eigenvalue weighted by atomic mass is 9.80. The van der Waals surface area contributed by atoms with Gasteiger partial charge in [0.25, 0.3) is 0 Å². The molecule has 1 saturated carbocycles. The summed E-state index contributed by atoms with van der Waals surface area (Å²) in [6.07, 6.45) is 4.39. The summed E-state index contributed by atoms with van der Waals surface area (Å²) in [6.45, 7) is 11.3. The third-order valence-electron chi connectivity index (χ3n) is 3.91. The van der Waals surface area contributed by atoms with Crippen LogP contribution < -0.4 is 4.72 Å². The van der Waals surface area contributed by atoms with Gasteiger partial charge in [-0.2, -0.15) is 0 Å². The Morgan fingerprint density at radius 1 is 1.59 bits per heavy atom. The van der Waals surface area contributed by atoms with Crippen molar-refractivity contribution in [3.05, 3.63) is 12.7 Å². The fraction of sp³-hybridized carbons (Fsp3) is 0.706. The van der Waals surface area contributed by atoms with Crippen LogP contribution in [0.4, 0.5) is 0 Å². The monoisotopic (exact) mass is 325 g/mol. The molecular weight excluding hydrogens is 298 g/mol. The Labute approximate surface area is 137 Å². The maximum atomic E-state index is 12.6. The van der Waals surface area contributed by atoms with Crippen LogP contribution in [-0.2, 0) is 20.9 Å². The van der Waals surface area contributed by atoms with Gasteiger partial charge in [-0.3, -0.25) is 4.79 Å². The molecule has 0 spiro atoms. The smallest absolute Gasteiger partial charge is 0.315 e. The van der Waals surface area contributed by atoms with Crippen molar-refractivity contribution in [2.24, 2.45) is 5.41 Å². The molecule has 3 atom stereocenters. The summed E-state index contributed by atoms with van der Waals surface area (Å²) >= 11 is -1.23. The third-order valence-corrected chi connectivity index (χ3v) is 5.52. The zero-order valence-electron chi connectivity index (χ0n) is 14.0. The maximum absolute atomic E-state index is 12.6. The molecule has 1 aliphatic rings. The Bertz CT molecular complexity index is 461. The first-order valence-electron chi connectivity index (χ1n) is 7.63. The molecule has 0 aromatic rings. The van der Waals surface area contributed by atoms with Crippen molar-refractivity contribution in [2.75, 3.05) is 6.61 Å². The van der Waals surface area contributed by atoms with E-state index in [-0.39, 0.29) is 23.4 Å². The van der Waals surface area contributed by atoms with Crippen LogP contribution in [0.15, 0.2) is 12.7 Å². The van der Waals surface area contributed by atoms with Gasteiger partial charge in [-0.25, -0.2) is 0 Å². The van der Waals surface area contributed by atoms with Crippen LogP contribution in [0.2, 0.25) is 0 Å². The lowest BCUT2D eigenvalue weighted by molar-refractivity contribution is -0.155. The molecule has 0 heterocycles. The van der Waals surface area contributed by atoms with E-state index in [1.165, 1.54) is 0 Å². The molecule has 124 valence electrons. The fourth-order valence-corrected chi connectivity index (χ4v) is 3.56. The molecule has 1 aliphatic carbocycles. The predicted molar refractivity (Wildman–Crippen MR) is 90.3 cm³/mol. The summed E-state index contributed by atoms with van der Waals surface area (Å²) < 4.78 is 20.5. The first-order chi connectivity index (χ1) is 10.3. The van der Waals surface area contributed by atoms with Gasteiger partial charge in [0.2, 0.25) is 0 Å². The van der Waals surface area contributed by atoms with Gasteiger partial charge in [0.05, 0.1) is 11.5 Å². The van der Waals surface area contributed by atoms with E-state index in [0.29, 0.717) is 12.8 Å². The summed E-state index contributed by atoms with van der Waals surface area (Å²) in [6, 6.07) is -0.175. The van der Waals surface area contributed by atoms with Gasteiger partial charge in [0, 0.05) is 17.8 Å². The molecule has 1 rings (SSSR count). The highest BCUT2D eigenvalue weighted by Gasteiger charge is 2.52. The van der Waals surface area contributed by atoms with E-state index in [1.54, 1.807) is 13.0 Å². The third kappa shape index (κ3) is 4.52. The zero-order valence-corrected chi connectivity index (χ0v) is 14.8. The van der Waals surface area contributed by atoms with E-state index in [2.05, 4.69) is 23.1 Å². The Hall–Kier alpha value is -0.960. The van der Waals surface area contributed by atoms with Gasteiger partial charge in [0.15, 0.2) is 0 Å². The minimum absolute atomic E-state index is 0.175. The lowest BCUT2D eigenvalue weighted by Gasteiger charge is -2.34. The molecule has 22 heavy (non-hydrogen) atoms. The van der Waals surface area contributed by atoms with Gasteiger partial charge in [-0.1, -0.05) is 19.1 Å². The topological polar surface area (TPSA) is 61.4 Å². The normalized spacial score (nSPS) is 26.0. The highest BCUT2D eigenvalue weighted by molar-refractivity contribution is 7.90. The molecule has 0 aromatic carbocycles. The molecule has 4 nitrogen and oxygen atoms in total. The minimum atomic E-state index is -1.23. The molecule has 5 heteroatoms. The molecule has 1 N–H and O–H groups in total. The number of nitrogens with one attached hydrogen (secondary N) is 1. The van der Waals surface area contributed by atoms with Crippen molar-refractivity contribution >= 4 is 17.3 Å². The molecule has 0 aromatic heterocycles. The quantitative estimate of drug-likeness (QED) is 0.353. The van der Waals surface area contributed by atoms with E-state index in [0.717, 1.165) is 12.8 Å². The molecular formula is C17H27NO3S. The Morgan fingerprint density at radius 2 is 2.27 bits per heavy atom. The lowest BCUT2D eigenvalue weighted by Crippen LogP contribution is -2.53. The van der Waals surface area contributed by atoms with Crippen LogP contribution in [0.3, 0.4) is 0 Å². The average Bonchev–Trinajstić information content (AvgIpc) is 2.85. The van der Waals surface area contributed by atoms with E-state index in [9.17, 15) is 9.35 Å². The average molecular weight is 325 g/mol. The van der Waals surface area contributed by atoms with Crippen LogP contribution in [0, 0.1) is 17.3 Å². The molecule has 1 fully saturated rings. The number of carbonyl (C=O) groups is 1. The standard InChI is InChI=1S/C17H27NO3S/c1-6-8-11-17(15(19)21-13-7-2)12-9-10-14(17)18-22(20)16(3,4)5/h7,14,18H,2,9-13H2,1,3-5H3/t14-,17-,22?/m1/s1. The first kappa shape index (κ1) is 19.1. The fourth-order valence-electron chi connectivity index (χ4n) is 2.60. The second-order valence-corrected chi connectivity index (χ2v) is 8.59. The Kier molecular flexibility index (Phi) is 6.98. The van der Waals surface area contributed by atoms with Gasteiger partial charge in [0.1, 0.15) is 11.4 Å². The van der Waals surface area contributed by atoms with Crippen molar-refractivity contribution < 1.29 is 14.1 Å². The number of rotatable bonds is 6. The zero-order chi connectivity index (χ0) is 16.8. The van der Waals surface area contributed by atoms with Crippen LogP contribution in [0.25, 0.3) is 0 Å². The van der Waals surface area contributed by atoms with E-state index in [1.807, 2.05) is 20.8 Å². The minimum Gasteiger partial charge on any atom is -0.598 e. The van der Waals surface area contributed by atoms with Crippen molar-refractivity contribution in [1.82, 2.24) is 4.72 Å². The summed E-state index contributed by atoms with van der Waals surface area (Å²) in [5, 5.41) is 0. The van der Waals surface area contributed by atoms with Crippen LogP contribution >= 0.6 is 0 Å². The highest BCUT2D eigenvalue weighted by Crippen LogP contribution is 2.43. The molecule has 0 bridgehead atoms. The van der Waals surface area contributed by atoms with Crippen LogP contribution in [0.1, 0.15) is 53.4 Å². The Balaban J connectivity index is 2.98. The number of hydrogen-bond acceptors (Lipinski definition) is 4. The van der Waals surface area contributed by atoms with E-state index in [4.69, 9.17) is 4.74 Å². The largest absolute Gasteiger partial charge is 0.598 e. The molecule has 0 amide bonds. The first-order valence-corrected chi connectivity index (χ1v) is 8.78. The summed E-state index contributed by atoms with van der Waals surface area (Å²) in [5.41, 5.74) is -0.715. The number of carbonyl (C=O) groups excluding carboxylic acids is 1. The molecule has 0 radical (unpaired) electrons. The number of ether oxygens (including phenoxy) is 1. The highest BCUT2D eigenvalue weighted by atomic mass is 32.2.